The summed E-state index contributed by atoms with van der Waals surface area (Å²) in [6.07, 6.45) is 7.16. The normalized spacial score (nSPS) is 22.1. The molecule has 98 valence electrons. The van der Waals surface area contributed by atoms with Crippen molar-refractivity contribution in [3.8, 4) is 0 Å². The van der Waals surface area contributed by atoms with Gasteiger partial charge in [0.1, 0.15) is 0 Å². The second kappa shape index (κ2) is 5.41. The number of carbonyl (C=O) groups excluding carboxylic acids is 1. The smallest absolute Gasteiger partial charge is 0.261 e. The van der Waals surface area contributed by atoms with E-state index in [2.05, 4.69) is 11.4 Å². The molecule has 0 radical (unpaired) electrons. The number of rotatable bonds is 4. The highest BCUT2D eigenvalue weighted by Crippen LogP contribution is 2.30. The lowest BCUT2D eigenvalue weighted by molar-refractivity contribution is 0.0910. The average Bonchev–Trinajstić information content (AvgIpc) is 3.04. The minimum Gasteiger partial charge on any atom is -0.378 e. The van der Waals surface area contributed by atoms with Crippen LogP contribution in [0.4, 0.5) is 0 Å². The van der Waals surface area contributed by atoms with Gasteiger partial charge in [-0.1, -0.05) is 0 Å². The molecule has 18 heavy (non-hydrogen) atoms. The lowest BCUT2D eigenvalue weighted by atomic mass is 10.2. The summed E-state index contributed by atoms with van der Waals surface area (Å²) in [6, 6.07) is 2.08. The van der Waals surface area contributed by atoms with Crippen LogP contribution in [0.15, 0.2) is 6.07 Å². The van der Waals surface area contributed by atoms with Gasteiger partial charge in [-0.3, -0.25) is 4.79 Å². The molecular weight excluding hydrogens is 246 g/mol. The van der Waals surface area contributed by atoms with Gasteiger partial charge >= 0.3 is 0 Å². The molecule has 3 nitrogen and oxygen atoms in total. The number of ether oxygens (including phenoxy) is 1. The predicted molar refractivity (Wildman–Crippen MR) is 72.3 cm³/mol. The zero-order valence-corrected chi connectivity index (χ0v) is 11.4. The van der Waals surface area contributed by atoms with Crippen LogP contribution in [0.5, 0.6) is 0 Å². The van der Waals surface area contributed by atoms with Crippen LogP contribution in [0.3, 0.4) is 0 Å². The minimum atomic E-state index is 0.0902. The summed E-state index contributed by atoms with van der Waals surface area (Å²) in [7, 11) is 0. The Kier molecular flexibility index (Phi) is 3.66. The van der Waals surface area contributed by atoms with Crippen LogP contribution >= 0.6 is 11.3 Å². The maximum atomic E-state index is 12.0. The van der Waals surface area contributed by atoms with E-state index in [0.717, 1.165) is 50.1 Å². The van der Waals surface area contributed by atoms with Crippen molar-refractivity contribution in [1.29, 1.82) is 0 Å². The molecule has 1 amide bonds. The molecule has 0 bridgehead atoms. The summed E-state index contributed by atoms with van der Waals surface area (Å²) in [5.41, 5.74) is 1.39. The Balaban J connectivity index is 1.48. The fraction of sp³-hybridized carbons (Fsp3) is 0.643. The molecule has 1 aliphatic heterocycles. The van der Waals surface area contributed by atoms with Gasteiger partial charge in [-0.15, -0.1) is 11.3 Å². The molecule has 1 saturated heterocycles. The van der Waals surface area contributed by atoms with Crippen molar-refractivity contribution >= 4 is 17.2 Å². The van der Waals surface area contributed by atoms with E-state index in [9.17, 15) is 4.79 Å². The van der Waals surface area contributed by atoms with Crippen LogP contribution in [0.25, 0.3) is 0 Å². The van der Waals surface area contributed by atoms with E-state index < -0.39 is 0 Å². The summed E-state index contributed by atoms with van der Waals surface area (Å²) in [5, 5.41) is 3.01. The number of amides is 1. The third-order valence-electron chi connectivity index (χ3n) is 3.75. The van der Waals surface area contributed by atoms with Gasteiger partial charge < -0.3 is 10.1 Å². The van der Waals surface area contributed by atoms with E-state index in [-0.39, 0.29) is 5.91 Å². The molecule has 4 heteroatoms. The molecule has 0 saturated carbocycles. The van der Waals surface area contributed by atoms with E-state index in [1.807, 2.05) is 0 Å². The van der Waals surface area contributed by atoms with Gasteiger partial charge in [0.15, 0.2) is 0 Å². The van der Waals surface area contributed by atoms with Gasteiger partial charge in [-0.25, -0.2) is 0 Å². The van der Waals surface area contributed by atoms with Crippen molar-refractivity contribution < 1.29 is 9.53 Å². The van der Waals surface area contributed by atoms with Crippen molar-refractivity contribution in [3.63, 3.8) is 0 Å². The summed E-state index contributed by atoms with van der Waals surface area (Å²) in [5.74, 6) is 0.0902. The molecule has 2 heterocycles. The predicted octanol–water partition coefficient (Wildman–Crippen LogP) is 2.54. The number of nitrogens with one attached hydrogen (secondary N) is 1. The molecule has 1 N–H and O–H groups in total. The minimum absolute atomic E-state index is 0.0902. The maximum absolute atomic E-state index is 12.0. The highest BCUT2D eigenvalue weighted by Gasteiger charge is 2.19. The SMILES string of the molecule is O=C(NCC[C@H]1CCCO1)c1cc2c(s1)CCC2. The second-order valence-corrected chi connectivity index (χ2v) is 6.23. The van der Waals surface area contributed by atoms with Crippen LogP contribution in [0, 0.1) is 0 Å². The van der Waals surface area contributed by atoms with E-state index in [0.29, 0.717) is 6.10 Å². The van der Waals surface area contributed by atoms with Crippen molar-refractivity contribution in [2.24, 2.45) is 0 Å². The van der Waals surface area contributed by atoms with Crippen LogP contribution in [-0.2, 0) is 17.6 Å². The third-order valence-corrected chi connectivity index (χ3v) is 4.98. The molecule has 1 aromatic rings. The molecule has 1 aliphatic carbocycles. The fourth-order valence-corrected chi connectivity index (χ4v) is 3.92. The van der Waals surface area contributed by atoms with Gasteiger partial charge in [0.05, 0.1) is 11.0 Å². The maximum Gasteiger partial charge on any atom is 0.261 e. The standard InChI is InChI=1S/C14H19NO2S/c16-14(15-7-6-11-4-2-8-17-11)13-9-10-3-1-5-12(10)18-13/h9,11H,1-8H2,(H,15,16)/t11-/m1/s1. The second-order valence-electron chi connectivity index (χ2n) is 5.09. The van der Waals surface area contributed by atoms with E-state index in [1.54, 1.807) is 11.3 Å². The first kappa shape index (κ1) is 12.2. The zero-order chi connectivity index (χ0) is 12.4. The Morgan fingerprint density at radius 1 is 1.44 bits per heavy atom. The average molecular weight is 265 g/mol. The molecule has 1 aromatic heterocycles. The molecule has 1 atom stereocenters. The summed E-state index contributed by atoms with van der Waals surface area (Å²) in [4.78, 5) is 14.3. The van der Waals surface area contributed by atoms with Crippen molar-refractivity contribution in [1.82, 2.24) is 5.32 Å². The monoisotopic (exact) mass is 265 g/mol. The summed E-state index contributed by atoms with van der Waals surface area (Å²) < 4.78 is 5.54. The Morgan fingerprint density at radius 2 is 2.39 bits per heavy atom. The summed E-state index contributed by atoms with van der Waals surface area (Å²) >= 11 is 1.67. The van der Waals surface area contributed by atoms with Crippen molar-refractivity contribution in [3.05, 3.63) is 21.4 Å². The largest absolute Gasteiger partial charge is 0.378 e. The Morgan fingerprint density at radius 3 is 3.17 bits per heavy atom. The van der Waals surface area contributed by atoms with Crippen LogP contribution in [-0.4, -0.2) is 25.2 Å². The number of hydrogen-bond donors (Lipinski definition) is 1. The third kappa shape index (κ3) is 2.59. The van der Waals surface area contributed by atoms with Gasteiger partial charge in [-0.05, 0) is 50.2 Å². The van der Waals surface area contributed by atoms with E-state index in [4.69, 9.17) is 4.74 Å². The first-order chi connectivity index (χ1) is 8.83. The van der Waals surface area contributed by atoms with Crippen LogP contribution in [0.2, 0.25) is 0 Å². The lowest BCUT2D eigenvalue weighted by Gasteiger charge is -2.09. The molecule has 1 fully saturated rings. The number of hydrogen-bond acceptors (Lipinski definition) is 3. The van der Waals surface area contributed by atoms with Gasteiger partial charge in [0.25, 0.3) is 5.91 Å². The molecular formula is C14H19NO2S. The molecule has 3 rings (SSSR count). The van der Waals surface area contributed by atoms with Crippen LogP contribution < -0.4 is 5.32 Å². The van der Waals surface area contributed by atoms with Crippen molar-refractivity contribution in [2.45, 2.75) is 44.6 Å². The zero-order valence-electron chi connectivity index (χ0n) is 10.5. The van der Waals surface area contributed by atoms with Gasteiger partial charge in [-0.2, -0.15) is 0 Å². The highest BCUT2D eigenvalue weighted by atomic mass is 32.1. The first-order valence-corrected chi connectivity index (χ1v) is 7.66. The van der Waals surface area contributed by atoms with E-state index >= 15 is 0 Å². The molecule has 0 spiro atoms. The topological polar surface area (TPSA) is 38.3 Å². The van der Waals surface area contributed by atoms with Crippen molar-refractivity contribution in [2.75, 3.05) is 13.2 Å². The molecule has 0 unspecified atom stereocenters. The lowest BCUT2D eigenvalue weighted by Crippen LogP contribution is -2.26. The number of thiophene rings is 1. The Hall–Kier alpha value is -0.870. The van der Waals surface area contributed by atoms with Gasteiger partial charge in [0.2, 0.25) is 0 Å². The number of aryl methyl sites for hydroxylation is 2. The highest BCUT2D eigenvalue weighted by molar-refractivity contribution is 7.14. The quantitative estimate of drug-likeness (QED) is 0.908. The Bertz CT molecular complexity index is 414. The van der Waals surface area contributed by atoms with Crippen LogP contribution in [0.1, 0.15) is 45.8 Å². The van der Waals surface area contributed by atoms with E-state index in [1.165, 1.54) is 16.9 Å². The summed E-state index contributed by atoms with van der Waals surface area (Å²) in [6.45, 7) is 1.61. The number of carbonyl (C=O) groups is 1. The number of fused-ring (bicyclic) bond motifs is 1. The molecule has 0 aromatic carbocycles. The first-order valence-electron chi connectivity index (χ1n) is 6.84. The van der Waals surface area contributed by atoms with Gasteiger partial charge in [0, 0.05) is 18.0 Å². The fourth-order valence-electron chi connectivity index (χ4n) is 2.75. The Labute approximate surface area is 112 Å². The molecule has 2 aliphatic rings.